The molecule has 4 aromatic rings. The largest absolute Gasteiger partial charge is 0.489 e. The molecule has 42 heavy (non-hydrogen) atoms. The van der Waals surface area contributed by atoms with E-state index in [1.807, 2.05) is 43.9 Å². The molecule has 0 spiro atoms. The number of hydrogen-bond donors (Lipinski definition) is 4. The van der Waals surface area contributed by atoms with Crippen LogP contribution in [0.3, 0.4) is 0 Å². The number of hydrogen-bond acceptors (Lipinski definition) is 8. The lowest BCUT2D eigenvalue weighted by molar-refractivity contribution is -0.119. The Labute approximate surface area is 252 Å². The molecular formula is C32H41N7O2S. The number of rotatable bonds is 11. The molecule has 5 N–H and O–H groups in total. The molecule has 222 valence electrons. The summed E-state index contributed by atoms with van der Waals surface area (Å²) < 4.78 is 6.31. The topological polar surface area (TPSA) is 121 Å². The average molecular weight is 588 g/mol. The van der Waals surface area contributed by atoms with Crippen LogP contribution in [0.15, 0.2) is 53.6 Å². The maximum absolute atomic E-state index is 11.4. The Morgan fingerprint density at radius 1 is 1.10 bits per heavy atom. The van der Waals surface area contributed by atoms with Crippen molar-refractivity contribution in [3.63, 3.8) is 0 Å². The number of benzene rings is 2. The molecule has 0 bridgehead atoms. The molecule has 0 saturated carbocycles. The molecule has 10 heteroatoms. The number of nitrogens with one attached hydrogen (secondary N) is 3. The molecular weight excluding hydrogens is 546 g/mol. The Kier molecular flexibility index (Phi) is 9.23. The predicted molar refractivity (Wildman–Crippen MR) is 172 cm³/mol. The van der Waals surface area contributed by atoms with E-state index in [-0.39, 0.29) is 12.0 Å². The zero-order chi connectivity index (χ0) is 29.8. The van der Waals surface area contributed by atoms with Crippen LogP contribution in [0.4, 0.5) is 23.1 Å². The van der Waals surface area contributed by atoms with Crippen LogP contribution in [0.1, 0.15) is 57.6 Å². The summed E-state index contributed by atoms with van der Waals surface area (Å²) in [4.78, 5) is 27.6. The van der Waals surface area contributed by atoms with Crippen molar-refractivity contribution in [3.05, 3.63) is 59.8 Å². The van der Waals surface area contributed by atoms with Crippen LogP contribution in [-0.2, 0) is 4.79 Å². The van der Waals surface area contributed by atoms with Crippen molar-refractivity contribution in [3.8, 4) is 5.75 Å². The first kappa shape index (κ1) is 29.7. The molecule has 3 heterocycles. The van der Waals surface area contributed by atoms with Gasteiger partial charge in [0.1, 0.15) is 17.2 Å². The fourth-order valence-corrected chi connectivity index (χ4v) is 6.39. The zero-order valence-electron chi connectivity index (χ0n) is 25.0. The molecule has 0 unspecified atom stereocenters. The number of ether oxygens (including phenoxy) is 1. The van der Waals surface area contributed by atoms with E-state index in [2.05, 4.69) is 71.6 Å². The average Bonchev–Trinajstić information content (AvgIpc) is 3.40. The number of carbonyl (C=O) groups excluding carboxylic acids is 1. The van der Waals surface area contributed by atoms with E-state index < -0.39 is 0 Å². The van der Waals surface area contributed by atoms with E-state index in [1.54, 1.807) is 0 Å². The number of fused-ring (bicyclic) bond motifs is 1. The molecule has 2 aromatic carbocycles. The third-order valence-electron chi connectivity index (χ3n) is 7.30. The first-order valence-corrected chi connectivity index (χ1v) is 15.5. The highest BCUT2D eigenvalue weighted by atomic mass is 32.2. The van der Waals surface area contributed by atoms with Gasteiger partial charge >= 0.3 is 0 Å². The minimum absolute atomic E-state index is 0.00230. The maximum atomic E-state index is 11.4. The van der Waals surface area contributed by atoms with Crippen molar-refractivity contribution in [1.82, 2.24) is 19.9 Å². The van der Waals surface area contributed by atoms with E-state index in [0.717, 1.165) is 59.9 Å². The van der Waals surface area contributed by atoms with Crippen LogP contribution in [0.2, 0.25) is 0 Å². The zero-order valence-corrected chi connectivity index (χ0v) is 25.8. The van der Waals surface area contributed by atoms with E-state index in [4.69, 9.17) is 20.4 Å². The predicted octanol–water partition coefficient (Wildman–Crippen LogP) is 6.71. The third kappa shape index (κ3) is 7.17. The van der Waals surface area contributed by atoms with Crippen molar-refractivity contribution in [2.45, 2.75) is 69.6 Å². The fraction of sp³-hybridized carbons (Fsp3) is 0.406. The second-order valence-corrected chi connectivity index (χ2v) is 13.1. The van der Waals surface area contributed by atoms with Gasteiger partial charge in [0, 0.05) is 16.3 Å². The van der Waals surface area contributed by atoms with E-state index >= 15 is 0 Å². The Morgan fingerprint density at radius 2 is 1.86 bits per heavy atom. The van der Waals surface area contributed by atoms with Gasteiger partial charge in [0.15, 0.2) is 0 Å². The number of anilines is 4. The molecule has 0 aliphatic carbocycles. The number of aromatic nitrogens is 3. The maximum Gasteiger partial charge on any atom is 0.231 e. The lowest BCUT2D eigenvalue weighted by atomic mass is 9.86. The number of amides is 1. The highest BCUT2D eigenvalue weighted by molar-refractivity contribution is 8.00. The molecule has 2 aromatic heterocycles. The molecule has 1 amide bonds. The number of thioether (sulfide) groups is 1. The monoisotopic (exact) mass is 587 g/mol. The van der Waals surface area contributed by atoms with Crippen LogP contribution < -0.4 is 21.1 Å². The molecule has 0 radical (unpaired) electrons. The lowest BCUT2D eigenvalue weighted by Gasteiger charge is -2.32. The Morgan fingerprint density at radius 3 is 2.57 bits per heavy atom. The number of primary amides is 1. The van der Waals surface area contributed by atoms with Crippen LogP contribution in [-0.4, -0.2) is 56.7 Å². The number of aryl methyl sites for hydroxylation is 1. The number of H-pyrrole nitrogens is 1. The van der Waals surface area contributed by atoms with Crippen molar-refractivity contribution in [1.29, 1.82) is 0 Å². The minimum Gasteiger partial charge on any atom is -0.489 e. The number of likely N-dealkylation sites (tertiary alicyclic amines) is 1. The summed E-state index contributed by atoms with van der Waals surface area (Å²) in [6.07, 6.45) is 3.82. The van der Waals surface area contributed by atoms with E-state index in [0.29, 0.717) is 23.7 Å². The minimum atomic E-state index is -0.274. The normalized spacial score (nSPS) is 14.5. The Balaban J connectivity index is 1.44. The quantitative estimate of drug-likeness (QED) is 0.143. The van der Waals surface area contributed by atoms with Gasteiger partial charge in [-0.1, -0.05) is 26.0 Å². The van der Waals surface area contributed by atoms with Crippen LogP contribution in [0.5, 0.6) is 5.75 Å². The summed E-state index contributed by atoms with van der Waals surface area (Å²) in [5.41, 5.74) is 10.4. The van der Waals surface area contributed by atoms with Crippen LogP contribution >= 0.6 is 11.8 Å². The summed E-state index contributed by atoms with van der Waals surface area (Å²) in [5, 5.41) is 8.39. The molecule has 1 aliphatic rings. The summed E-state index contributed by atoms with van der Waals surface area (Å²) in [7, 11) is 0. The number of nitrogens with two attached hydrogens (primary N) is 1. The SMILES string of the molecule is Cc1cc(Nc2nc(Nc3ccccc3SC(C)C)c3cc[nH]c3n2)c(OC(C)C)cc1C1CCN(CC(N)=O)CC1. The van der Waals surface area contributed by atoms with Crippen molar-refractivity contribution < 1.29 is 9.53 Å². The van der Waals surface area contributed by atoms with Crippen molar-refractivity contribution in [2.75, 3.05) is 30.3 Å². The van der Waals surface area contributed by atoms with E-state index in [9.17, 15) is 4.79 Å². The van der Waals surface area contributed by atoms with Crippen LogP contribution in [0, 0.1) is 6.92 Å². The first-order chi connectivity index (χ1) is 20.2. The Bertz CT molecular complexity index is 1540. The van der Waals surface area contributed by atoms with Gasteiger partial charge in [-0.05, 0) is 94.1 Å². The smallest absolute Gasteiger partial charge is 0.231 e. The van der Waals surface area contributed by atoms with Gasteiger partial charge in [0.2, 0.25) is 11.9 Å². The van der Waals surface area contributed by atoms with E-state index in [1.165, 1.54) is 16.0 Å². The number of carbonyl (C=O) groups is 1. The van der Waals surface area contributed by atoms with Gasteiger partial charge in [-0.15, -0.1) is 11.8 Å². The van der Waals surface area contributed by atoms with Gasteiger partial charge in [0.05, 0.1) is 29.4 Å². The number of nitrogens with zero attached hydrogens (tertiary/aromatic N) is 3. The summed E-state index contributed by atoms with van der Waals surface area (Å²) in [6, 6.07) is 14.6. The first-order valence-electron chi connectivity index (χ1n) is 14.6. The Hall–Kier alpha value is -3.76. The third-order valence-corrected chi connectivity index (χ3v) is 8.38. The molecule has 1 aliphatic heterocycles. The van der Waals surface area contributed by atoms with Crippen molar-refractivity contribution >= 4 is 51.8 Å². The lowest BCUT2D eigenvalue weighted by Crippen LogP contribution is -2.39. The number of para-hydroxylation sites is 1. The van der Waals surface area contributed by atoms with Gasteiger partial charge < -0.3 is 26.1 Å². The molecule has 1 saturated heterocycles. The fourth-order valence-electron chi connectivity index (χ4n) is 5.48. The highest BCUT2D eigenvalue weighted by Gasteiger charge is 2.24. The highest BCUT2D eigenvalue weighted by Crippen LogP contribution is 2.39. The molecule has 5 rings (SSSR count). The number of piperidine rings is 1. The standard InChI is InChI=1S/C32H41N7O2S/c1-19(2)41-27-17-24(22-11-14-39(15-12-22)18-29(33)40)21(5)16-26(27)36-32-37-30-23(10-13-34-30)31(38-32)35-25-8-6-7-9-28(25)42-20(3)4/h6-10,13,16-17,19-20,22H,11-12,14-15,18H2,1-5H3,(H2,33,40)(H3,34,35,36,37,38). The molecule has 1 fully saturated rings. The molecule has 9 nitrogen and oxygen atoms in total. The summed E-state index contributed by atoms with van der Waals surface area (Å²) in [5.74, 6) is 2.09. The summed E-state index contributed by atoms with van der Waals surface area (Å²) in [6.45, 7) is 12.6. The van der Waals surface area contributed by atoms with Gasteiger partial charge in [-0.25, -0.2) is 0 Å². The van der Waals surface area contributed by atoms with Gasteiger partial charge in [-0.2, -0.15) is 9.97 Å². The molecule has 0 atom stereocenters. The second kappa shape index (κ2) is 13.0. The van der Waals surface area contributed by atoms with Gasteiger partial charge in [0.25, 0.3) is 0 Å². The van der Waals surface area contributed by atoms with Gasteiger partial charge in [-0.3, -0.25) is 9.69 Å². The second-order valence-electron chi connectivity index (χ2n) is 11.4. The summed E-state index contributed by atoms with van der Waals surface area (Å²) >= 11 is 1.81. The van der Waals surface area contributed by atoms with Crippen molar-refractivity contribution in [2.24, 2.45) is 5.73 Å². The van der Waals surface area contributed by atoms with Crippen LogP contribution in [0.25, 0.3) is 11.0 Å². The number of aromatic amines is 1.